The normalized spacial score (nSPS) is 12.5. The molecule has 0 fully saturated rings. The van der Waals surface area contributed by atoms with Crippen LogP contribution in [0.3, 0.4) is 0 Å². The first kappa shape index (κ1) is 24.2. The van der Waals surface area contributed by atoms with Crippen LogP contribution < -0.4 is 0 Å². The number of phosphoric acid groups is 2. The van der Waals surface area contributed by atoms with Crippen LogP contribution in [0, 0.1) is 0 Å². The van der Waals surface area contributed by atoms with Crippen molar-refractivity contribution in [2.75, 3.05) is 6.61 Å². The summed E-state index contributed by atoms with van der Waals surface area (Å²) in [7, 11) is -10.1. The van der Waals surface area contributed by atoms with Crippen molar-refractivity contribution in [3.63, 3.8) is 0 Å². The summed E-state index contributed by atoms with van der Waals surface area (Å²) in [5, 5.41) is 0. The molecule has 0 aliphatic rings. The van der Waals surface area contributed by atoms with Crippen LogP contribution in [0.25, 0.3) is 0 Å². The molecule has 0 atom stereocenters. The Kier molecular flexibility index (Phi) is 12.1. The van der Waals surface area contributed by atoms with E-state index < -0.39 is 15.6 Å². The fraction of sp³-hybridized carbons (Fsp3) is 0.467. The highest BCUT2D eigenvalue weighted by Crippen LogP contribution is 2.53. The number of rotatable bonds is 9. The molecule has 0 unspecified atom stereocenters. The molecule has 10 heteroatoms. The zero-order valence-corrected chi connectivity index (χ0v) is 16.1. The van der Waals surface area contributed by atoms with E-state index in [2.05, 4.69) is 36.4 Å². The highest BCUT2D eigenvalue weighted by atomic mass is 31.3. The molecule has 1 rings (SSSR count). The maximum absolute atomic E-state index is 9.63. The van der Waals surface area contributed by atoms with E-state index in [4.69, 9.17) is 24.3 Å². The lowest BCUT2D eigenvalue weighted by Gasteiger charge is -2.04. The van der Waals surface area contributed by atoms with Gasteiger partial charge in [-0.1, -0.05) is 42.0 Å². The van der Waals surface area contributed by atoms with Crippen LogP contribution in [0.4, 0.5) is 0 Å². The Balaban J connectivity index is 0.000000547. The Morgan fingerprint density at radius 3 is 2.04 bits per heavy atom. The van der Waals surface area contributed by atoms with Crippen molar-refractivity contribution in [1.82, 2.24) is 0 Å². The average molecular weight is 396 g/mol. The largest absolute Gasteiger partial charge is 0.478 e. The lowest BCUT2D eigenvalue weighted by Crippen LogP contribution is -1.95. The molecular formula is C15H26O8P2. The first-order valence-electron chi connectivity index (χ1n) is 7.59. The molecule has 0 aliphatic carbocycles. The molecular weight excluding hydrogens is 370 g/mol. The second-order valence-electron chi connectivity index (χ2n) is 5.19. The highest BCUT2D eigenvalue weighted by Gasteiger charge is 2.27. The summed E-state index contributed by atoms with van der Waals surface area (Å²) in [6.07, 6.45) is 5.76. The molecule has 0 heterocycles. The lowest BCUT2D eigenvalue weighted by atomic mass is 10.1. The molecule has 0 aromatic heterocycles. The molecule has 0 aliphatic heterocycles. The van der Waals surface area contributed by atoms with Crippen molar-refractivity contribution < 1.29 is 37.8 Å². The Labute approximate surface area is 148 Å². The van der Waals surface area contributed by atoms with Gasteiger partial charge in [0.05, 0.1) is 6.61 Å². The van der Waals surface area contributed by atoms with Gasteiger partial charge in [0.15, 0.2) is 0 Å². The number of hydrogen-bond donors (Lipinski definition) is 4. The molecule has 0 saturated heterocycles. The van der Waals surface area contributed by atoms with Gasteiger partial charge in [-0.2, -0.15) is 4.31 Å². The third-order valence-corrected chi connectivity index (χ3v) is 4.63. The predicted molar refractivity (Wildman–Crippen MR) is 94.6 cm³/mol. The maximum Gasteiger partial charge on any atom is 0.478 e. The van der Waals surface area contributed by atoms with Gasteiger partial charge < -0.3 is 24.3 Å². The molecule has 1 aromatic carbocycles. The molecule has 0 bridgehead atoms. The van der Waals surface area contributed by atoms with Gasteiger partial charge in [-0.15, -0.1) is 0 Å². The van der Waals surface area contributed by atoms with Gasteiger partial charge >= 0.3 is 15.6 Å². The van der Waals surface area contributed by atoms with Crippen LogP contribution in [0.5, 0.6) is 0 Å². The molecule has 8 nitrogen and oxygen atoms in total. The summed E-state index contributed by atoms with van der Waals surface area (Å²) in [5.41, 5.74) is 2.73. The van der Waals surface area contributed by atoms with Crippen LogP contribution >= 0.6 is 15.6 Å². The zero-order valence-electron chi connectivity index (χ0n) is 14.3. The lowest BCUT2D eigenvalue weighted by molar-refractivity contribution is 0.117. The zero-order chi connectivity index (χ0) is 19.3. The van der Waals surface area contributed by atoms with Gasteiger partial charge in [0.25, 0.3) is 0 Å². The minimum absolute atomic E-state index is 0.740. The van der Waals surface area contributed by atoms with Crippen molar-refractivity contribution in [3.05, 3.63) is 47.5 Å². The van der Waals surface area contributed by atoms with Crippen molar-refractivity contribution in [2.45, 2.75) is 39.7 Å². The summed E-state index contributed by atoms with van der Waals surface area (Å²) in [4.78, 5) is 31.0. The third-order valence-electron chi connectivity index (χ3n) is 2.93. The van der Waals surface area contributed by atoms with Crippen LogP contribution in [-0.4, -0.2) is 26.2 Å². The number of unbranched alkanes of at least 4 members (excludes halogenated alkanes) is 1. The number of allylic oxidation sites excluding steroid dienone is 2. The number of ether oxygens (including phenoxy) is 1. The van der Waals surface area contributed by atoms with Crippen LogP contribution in [0.15, 0.2) is 42.0 Å². The second-order valence-corrected chi connectivity index (χ2v) is 7.81. The monoisotopic (exact) mass is 396 g/mol. The van der Waals surface area contributed by atoms with Gasteiger partial charge in [0.1, 0.15) is 0 Å². The van der Waals surface area contributed by atoms with Gasteiger partial charge in [0, 0.05) is 6.61 Å². The molecule has 25 heavy (non-hydrogen) atoms. The summed E-state index contributed by atoms with van der Waals surface area (Å²) >= 11 is 0. The van der Waals surface area contributed by atoms with Gasteiger partial charge in [-0.25, -0.2) is 9.13 Å². The minimum atomic E-state index is -5.05. The maximum atomic E-state index is 9.63. The predicted octanol–water partition coefficient (Wildman–Crippen LogP) is 3.53. The standard InChI is InChI=1S/C15H22O.H4O7P2/c1-3-14(2)9-7-8-12-16-13-15-10-5-4-6-11-15;1-8(2,3)7-9(4,5)6/h3-6,10-11H,7-9,12-13H2,1-2H3;(H2,1,2,3)(H2,4,5,6). The second kappa shape index (κ2) is 12.5. The van der Waals surface area contributed by atoms with E-state index in [1.807, 2.05) is 18.2 Å². The van der Waals surface area contributed by atoms with Crippen molar-refractivity contribution >= 4 is 15.6 Å². The van der Waals surface area contributed by atoms with E-state index >= 15 is 0 Å². The van der Waals surface area contributed by atoms with E-state index in [9.17, 15) is 9.13 Å². The fourth-order valence-electron chi connectivity index (χ4n) is 1.66. The quantitative estimate of drug-likeness (QED) is 0.283. The topological polar surface area (TPSA) is 134 Å². The highest BCUT2D eigenvalue weighted by molar-refractivity contribution is 7.60. The van der Waals surface area contributed by atoms with Crippen molar-refractivity contribution in [1.29, 1.82) is 0 Å². The number of hydrogen-bond acceptors (Lipinski definition) is 4. The Morgan fingerprint density at radius 2 is 1.60 bits per heavy atom. The molecule has 0 spiro atoms. The van der Waals surface area contributed by atoms with E-state index in [0.717, 1.165) is 19.6 Å². The van der Waals surface area contributed by atoms with Crippen LogP contribution in [0.1, 0.15) is 38.7 Å². The van der Waals surface area contributed by atoms with Crippen LogP contribution in [-0.2, 0) is 24.8 Å². The van der Waals surface area contributed by atoms with Crippen LogP contribution in [0.2, 0.25) is 0 Å². The minimum Gasteiger partial charge on any atom is -0.377 e. The fourth-order valence-corrected chi connectivity index (χ4v) is 2.76. The van der Waals surface area contributed by atoms with E-state index in [-0.39, 0.29) is 0 Å². The third kappa shape index (κ3) is 17.8. The van der Waals surface area contributed by atoms with E-state index in [1.54, 1.807) is 0 Å². The number of benzene rings is 1. The summed E-state index contributed by atoms with van der Waals surface area (Å²) in [6.45, 7) is 5.89. The Hall–Kier alpha value is -0.820. The van der Waals surface area contributed by atoms with Gasteiger partial charge in [-0.3, -0.25) is 0 Å². The Bertz CT molecular complexity index is 571. The SMILES string of the molecule is CC=C(C)CCCCOCc1ccccc1.O=P(O)(O)OP(=O)(O)O. The summed E-state index contributed by atoms with van der Waals surface area (Å²) in [5.74, 6) is 0. The first-order valence-corrected chi connectivity index (χ1v) is 10.7. The molecule has 1 aromatic rings. The van der Waals surface area contributed by atoms with Crippen molar-refractivity contribution in [3.8, 4) is 0 Å². The first-order chi connectivity index (χ1) is 11.5. The van der Waals surface area contributed by atoms with Crippen molar-refractivity contribution in [2.24, 2.45) is 0 Å². The molecule has 4 N–H and O–H groups in total. The van der Waals surface area contributed by atoms with Gasteiger partial charge in [-0.05, 0) is 38.7 Å². The summed E-state index contributed by atoms with van der Waals surface area (Å²) < 4.78 is 27.8. The molecule has 144 valence electrons. The average Bonchev–Trinajstić information content (AvgIpc) is 2.48. The molecule has 0 amide bonds. The Morgan fingerprint density at radius 1 is 1.04 bits per heavy atom. The molecule has 0 radical (unpaired) electrons. The van der Waals surface area contributed by atoms with E-state index in [1.165, 1.54) is 24.0 Å². The van der Waals surface area contributed by atoms with E-state index in [0.29, 0.717) is 0 Å². The molecule has 0 saturated carbocycles. The smallest absolute Gasteiger partial charge is 0.377 e. The summed E-state index contributed by atoms with van der Waals surface area (Å²) in [6, 6.07) is 10.3. The van der Waals surface area contributed by atoms with Gasteiger partial charge in [0.2, 0.25) is 0 Å².